The van der Waals surface area contributed by atoms with E-state index in [-0.39, 0.29) is 16.9 Å². The molecule has 9 atom stereocenters. The van der Waals surface area contributed by atoms with Gasteiger partial charge in [0.05, 0.1) is 12.7 Å². The van der Waals surface area contributed by atoms with Crippen LogP contribution in [-0.2, 0) is 4.74 Å². The number of piperazine rings is 1. The average Bonchev–Trinajstić information content (AvgIpc) is 3.45. The molecular formula is C43H65N3O2. The van der Waals surface area contributed by atoms with E-state index in [1.807, 2.05) is 12.1 Å². The zero-order valence-corrected chi connectivity index (χ0v) is 31.4. The van der Waals surface area contributed by atoms with Crippen LogP contribution in [0.1, 0.15) is 115 Å². The Morgan fingerprint density at radius 1 is 0.938 bits per heavy atom. The number of carbonyl (C=O) groups is 1. The molecule has 48 heavy (non-hydrogen) atoms. The number of esters is 1. The summed E-state index contributed by atoms with van der Waals surface area (Å²) in [6.45, 7) is 27.1. The molecule has 5 heteroatoms. The third-order valence-electron chi connectivity index (χ3n) is 16.4. The molecule has 1 heterocycles. The van der Waals surface area contributed by atoms with Gasteiger partial charge >= 0.3 is 5.97 Å². The summed E-state index contributed by atoms with van der Waals surface area (Å²) in [5.41, 5.74) is 6.14. The molecule has 5 fully saturated rings. The number of benzene rings is 1. The number of carbonyl (C=O) groups excluding carboxylic acids is 1. The third-order valence-corrected chi connectivity index (χ3v) is 16.4. The minimum absolute atomic E-state index is 0.0748. The maximum Gasteiger partial charge on any atom is 0.337 e. The Hall–Kier alpha value is -1.95. The second kappa shape index (κ2) is 12.4. The maximum absolute atomic E-state index is 12.1. The smallest absolute Gasteiger partial charge is 0.337 e. The van der Waals surface area contributed by atoms with Gasteiger partial charge in [-0.25, -0.2) is 4.79 Å². The molecule has 1 unspecified atom stereocenters. The summed E-state index contributed by atoms with van der Waals surface area (Å²) >= 11 is 0. The van der Waals surface area contributed by atoms with Crippen molar-refractivity contribution in [1.82, 2.24) is 15.5 Å². The number of hydrogen-bond acceptors (Lipinski definition) is 5. The third kappa shape index (κ3) is 5.14. The lowest BCUT2D eigenvalue weighted by Gasteiger charge is -2.72. The van der Waals surface area contributed by atoms with Crippen LogP contribution in [0.5, 0.6) is 0 Å². The van der Waals surface area contributed by atoms with Crippen LogP contribution < -0.4 is 10.6 Å². The Morgan fingerprint density at radius 3 is 2.35 bits per heavy atom. The maximum atomic E-state index is 12.1. The Kier molecular flexibility index (Phi) is 8.89. The molecule has 0 bridgehead atoms. The van der Waals surface area contributed by atoms with Crippen LogP contribution in [0.2, 0.25) is 0 Å². The van der Waals surface area contributed by atoms with Gasteiger partial charge in [0.1, 0.15) is 0 Å². The van der Waals surface area contributed by atoms with Crippen molar-refractivity contribution in [3.05, 3.63) is 53.6 Å². The van der Waals surface area contributed by atoms with Gasteiger partial charge in [0, 0.05) is 44.8 Å². The summed E-state index contributed by atoms with van der Waals surface area (Å²) in [5, 5.41) is 7.85. The van der Waals surface area contributed by atoms with Gasteiger partial charge in [-0.05, 0) is 139 Å². The normalized spacial score (nSPS) is 42.1. The molecule has 5 nitrogen and oxygen atoms in total. The lowest BCUT2D eigenvalue weighted by molar-refractivity contribution is -0.219. The second-order valence-electron chi connectivity index (χ2n) is 18.5. The minimum Gasteiger partial charge on any atom is -0.465 e. The molecule has 4 saturated carbocycles. The summed E-state index contributed by atoms with van der Waals surface area (Å²) < 4.78 is 4.97. The van der Waals surface area contributed by atoms with Gasteiger partial charge in [0.25, 0.3) is 0 Å². The van der Waals surface area contributed by atoms with Gasteiger partial charge in [-0.2, -0.15) is 0 Å². The standard InChI is InChI=1S/C43H65N3O2/c1-29(2)32-15-20-43(45-25-28-46-26-23-44-24-27-46)22-21-41(6)34(37(32)43)13-14-36-40(5)18-16-33(30-9-11-31(12-10-30)38(47)48-8)39(3,4)35(40)17-19-42(36,41)7/h9-12,16,32,34-37,44-45H,1,13-15,17-28H2,2-8H3/t32-,34?,35-,36+,37+,40-,41+,42+,43-/m0/s1. The number of nitrogens with zero attached hydrogens (tertiary/aromatic N) is 1. The fourth-order valence-corrected chi connectivity index (χ4v) is 13.9. The van der Waals surface area contributed by atoms with E-state index in [0.29, 0.717) is 39.6 Å². The van der Waals surface area contributed by atoms with Crippen molar-refractivity contribution >= 4 is 11.5 Å². The Morgan fingerprint density at radius 2 is 1.67 bits per heavy atom. The quantitative estimate of drug-likeness (QED) is 0.228. The van der Waals surface area contributed by atoms with Gasteiger partial charge in [-0.1, -0.05) is 65.0 Å². The Balaban J connectivity index is 1.16. The van der Waals surface area contributed by atoms with E-state index >= 15 is 0 Å². The molecule has 1 saturated heterocycles. The lowest BCUT2D eigenvalue weighted by atomic mass is 9.33. The Bertz CT molecular complexity index is 1430. The number of fused-ring (bicyclic) bond motifs is 7. The SMILES string of the molecule is C=C(C)[C@@H]1CC[C@]2(NCCN3CCNCC3)CC[C@]3(C)C(CC[C@@H]4[C@@]5(C)CC=C(c6ccc(C(=O)OC)cc6)C(C)(C)[C@@H]5CC[C@]43C)[C@@H]12. The lowest BCUT2D eigenvalue weighted by Crippen LogP contribution is -2.68. The molecule has 5 aliphatic carbocycles. The van der Waals surface area contributed by atoms with Crippen LogP contribution in [0.25, 0.3) is 5.57 Å². The molecule has 1 aromatic rings. The number of nitrogens with one attached hydrogen (secondary N) is 2. The molecule has 0 aromatic heterocycles. The summed E-state index contributed by atoms with van der Waals surface area (Å²) in [4.78, 5) is 14.8. The summed E-state index contributed by atoms with van der Waals surface area (Å²) in [6, 6.07) is 8.17. The molecule has 0 amide bonds. The predicted molar refractivity (Wildman–Crippen MR) is 198 cm³/mol. The van der Waals surface area contributed by atoms with Crippen molar-refractivity contribution in [2.75, 3.05) is 46.4 Å². The first-order chi connectivity index (χ1) is 22.8. The topological polar surface area (TPSA) is 53.6 Å². The molecule has 0 spiro atoms. The molecular weight excluding hydrogens is 590 g/mol. The van der Waals surface area contributed by atoms with Crippen molar-refractivity contribution in [3.8, 4) is 0 Å². The van der Waals surface area contributed by atoms with E-state index in [2.05, 4.69) is 81.9 Å². The van der Waals surface area contributed by atoms with Crippen molar-refractivity contribution in [1.29, 1.82) is 0 Å². The van der Waals surface area contributed by atoms with E-state index in [1.165, 1.54) is 94.8 Å². The van der Waals surface area contributed by atoms with Crippen LogP contribution in [-0.4, -0.2) is 62.8 Å². The number of hydrogen-bond donors (Lipinski definition) is 2. The van der Waals surface area contributed by atoms with Crippen LogP contribution >= 0.6 is 0 Å². The zero-order valence-electron chi connectivity index (χ0n) is 31.4. The number of rotatable bonds is 7. The van der Waals surface area contributed by atoms with Gasteiger partial charge in [-0.3, -0.25) is 4.90 Å². The van der Waals surface area contributed by atoms with Crippen LogP contribution in [0, 0.1) is 51.2 Å². The highest BCUT2D eigenvalue weighted by Crippen LogP contribution is 2.76. The number of allylic oxidation sites excluding steroid dienone is 3. The van der Waals surface area contributed by atoms with Crippen LogP contribution in [0.15, 0.2) is 42.5 Å². The molecule has 0 radical (unpaired) electrons. The van der Waals surface area contributed by atoms with Gasteiger partial charge in [-0.15, -0.1) is 0 Å². The van der Waals surface area contributed by atoms with Crippen LogP contribution in [0.3, 0.4) is 0 Å². The largest absolute Gasteiger partial charge is 0.465 e. The van der Waals surface area contributed by atoms with E-state index in [0.717, 1.165) is 37.9 Å². The minimum atomic E-state index is -0.264. The highest BCUT2D eigenvalue weighted by molar-refractivity contribution is 5.89. The fourth-order valence-electron chi connectivity index (χ4n) is 13.9. The molecule has 264 valence electrons. The fraction of sp³-hybridized carbons (Fsp3) is 0.744. The van der Waals surface area contributed by atoms with Crippen molar-refractivity contribution in [3.63, 3.8) is 0 Å². The first-order valence-electron chi connectivity index (χ1n) is 19.5. The first kappa shape index (κ1) is 34.5. The summed E-state index contributed by atoms with van der Waals surface area (Å²) in [7, 11) is 1.46. The Labute approximate surface area is 292 Å². The molecule has 6 aliphatic rings. The summed E-state index contributed by atoms with van der Waals surface area (Å²) in [5.74, 6) is 3.24. The van der Waals surface area contributed by atoms with Gasteiger partial charge < -0.3 is 15.4 Å². The van der Waals surface area contributed by atoms with Gasteiger partial charge in [0.2, 0.25) is 0 Å². The van der Waals surface area contributed by atoms with Crippen LogP contribution in [0.4, 0.5) is 0 Å². The monoisotopic (exact) mass is 656 g/mol. The second-order valence-corrected chi connectivity index (χ2v) is 18.5. The van der Waals surface area contributed by atoms with Crippen molar-refractivity contribution in [2.45, 2.75) is 105 Å². The highest BCUT2D eigenvalue weighted by atomic mass is 16.5. The molecule has 1 aliphatic heterocycles. The first-order valence-corrected chi connectivity index (χ1v) is 19.5. The molecule has 1 aromatic carbocycles. The van der Waals surface area contributed by atoms with Gasteiger partial charge in [0.15, 0.2) is 0 Å². The van der Waals surface area contributed by atoms with E-state index in [1.54, 1.807) is 0 Å². The molecule has 7 rings (SSSR count). The number of methoxy groups -OCH3 is 1. The summed E-state index contributed by atoms with van der Waals surface area (Å²) in [6.07, 6.45) is 14.5. The van der Waals surface area contributed by atoms with E-state index in [4.69, 9.17) is 4.74 Å². The molecule has 2 N–H and O–H groups in total. The van der Waals surface area contributed by atoms with Crippen molar-refractivity contribution in [2.24, 2.45) is 51.2 Å². The van der Waals surface area contributed by atoms with E-state index in [9.17, 15) is 4.79 Å². The average molecular weight is 656 g/mol. The predicted octanol–water partition coefficient (Wildman–Crippen LogP) is 8.37. The van der Waals surface area contributed by atoms with E-state index < -0.39 is 0 Å². The van der Waals surface area contributed by atoms with Crippen molar-refractivity contribution < 1.29 is 9.53 Å². The highest BCUT2D eigenvalue weighted by Gasteiger charge is 2.70. The zero-order chi connectivity index (χ0) is 34.1. The number of ether oxygens (including phenoxy) is 1.